The molecule has 2 unspecified atom stereocenters. The van der Waals surface area contributed by atoms with Crippen molar-refractivity contribution in [2.45, 2.75) is 26.4 Å². The fourth-order valence-electron chi connectivity index (χ4n) is 2.39. The largest absolute Gasteiger partial charge is 0.335 e. The van der Waals surface area contributed by atoms with Crippen molar-refractivity contribution < 1.29 is 9.59 Å². The minimum absolute atomic E-state index is 0.0357. The lowest BCUT2D eigenvalue weighted by molar-refractivity contribution is -0.148. The van der Waals surface area contributed by atoms with Crippen LogP contribution in [0.25, 0.3) is 0 Å². The van der Waals surface area contributed by atoms with Crippen molar-refractivity contribution in [3.05, 3.63) is 34.9 Å². The first kappa shape index (κ1) is 16.8. The van der Waals surface area contributed by atoms with Gasteiger partial charge in [-0.25, -0.2) is 0 Å². The van der Waals surface area contributed by atoms with Gasteiger partial charge in [0.25, 0.3) is 0 Å². The monoisotopic (exact) mass is 323 g/mol. The van der Waals surface area contributed by atoms with Gasteiger partial charge in [-0.15, -0.1) is 0 Å². The van der Waals surface area contributed by atoms with Crippen molar-refractivity contribution in [3.63, 3.8) is 0 Å². The zero-order valence-corrected chi connectivity index (χ0v) is 13.7. The number of benzene rings is 1. The van der Waals surface area contributed by atoms with Gasteiger partial charge in [-0.3, -0.25) is 9.59 Å². The highest BCUT2D eigenvalue weighted by molar-refractivity contribution is 6.30. The molecular weight excluding hydrogens is 302 g/mol. The van der Waals surface area contributed by atoms with Gasteiger partial charge in [0.15, 0.2) is 0 Å². The molecule has 22 heavy (non-hydrogen) atoms. The number of nitrogens with two attached hydrogens (primary N) is 1. The first-order chi connectivity index (χ1) is 10.4. The van der Waals surface area contributed by atoms with E-state index in [-0.39, 0.29) is 30.3 Å². The minimum Gasteiger partial charge on any atom is -0.335 e. The van der Waals surface area contributed by atoms with Crippen LogP contribution in [0.3, 0.4) is 0 Å². The summed E-state index contributed by atoms with van der Waals surface area (Å²) in [7, 11) is 0. The van der Waals surface area contributed by atoms with Crippen molar-refractivity contribution >= 4 is 23.4 Å². The molecule has 1 fully saturated rings. The summed E-state index contributed by atoms with van der Waals surface area (Å²) in [5.74, 6) is -0.350. The van der Waals surface area contributed by atoms with Crippen LogP contribution in [-0.4, -0.2) is 47.3 Å². The summed E-state index contributed by atoms with van der Waals surface area (Å²) in [5.41, 5.74) is 6.80. The fourth-order valence-corrected chi connectivity index (χ4v) is 2.51. The topological polar surface area (TPSA) is 66.6 Å². The third kappa shape index (κ3) is 3.99. The molecule has 2 N–H and O–H groups in total. The highest BCUT2D eigenvalue weighted by atomic mass is 35.5. The van der Waals surface area contributed by atoms with E-state index in [0.29, 0.717) is 24.7 Å². The van der Waals surface area contributed by atoms with E-state index in [9.17, 15) is 9.59 Å². The predicted molar refractivity (Wildman–Crippen MR) is 86.3 cm³/mol. The molecule has 0 aliphatic carbocycles. The molecular formula is C16H22ClN3O2. The van der Waals surface area contributed by atoms with E-state index in [2.05, 4.69) is 0 Å². The number of hydrogen-bond donors (Lipinski definition) is 1. The minimum atomic E-state index is -0.268. The molecule has 0 radical (unpaired) electrons. The first-order valence-electron chi connectivity index (χ1n) is 7.45. The predicted octanol–water partition coefficient (Wildman–Crippen LogP) is 1.49. The van der Waals surface area contributed by atoms with Gasteiger partial charge in [0.1, 0.15) is 0 Å². The summed E-state index contributed by atoms with van der Waals surface area (Å²) >= 11 is 5.86. The maximum absolute atomic E-state index is 12.2. The average molecular weight is 324 g/mol. The molecule has 1 aliphatic heterocycles. The van der Waals surface area contributed by atoms with Crippen LogP contribution < -0.4 is 5.73 Å². The zero-order valence-electron chi connectivity index (χ0n) is 13.0. The Kier molecular flexibility index (Phi) is 5.42. The van der Waals surface area contributed by atoms with Crippen molar-refractivity contribution in [2.75, 3.05) is 19.6 Å². The fraction of sp³-hybridized carbons (Fsp3) is 0.500. The van der Waals surface area contributed by atoms with Gasteiger partial charge in [-0.1, -0.05) is 30.7 Å². The molecule has 1 aromatic carbocycles. The summed E-state index contributed by atoms with van der Waals surface area (Å²) in [6.07, 6.45) is 0. The molecule has 0 saturated carbocycles. The Morgan fingerprint density at radius 2 is 1.91 bits per heavy atom. The molecule has 2 amide bonds. The summed E-state index contributed by atoms with van der Waals surface area (Å²) in [4.78, 5) is 27.9. The lowest BCUT2D eigenvalue weighted by Gasteiger charge is -2.36. The molecule has 1 aliphatic rings. The van der Waals surface area contributed by atoms with Crippen LogP contribution in [0.15, 0.2) is 24.3 Å². The summed E-state index contributed by atoms with van der Waals surface area (Å²) < 4.78 is 0. The zero-order chi connectivity index (χ0) is 16.3. The quantitative estimate of drug-likeness (QED) is 0.913. The number of halogens is 1. The second-order valence-electron chi connectivity index (χ2n) is 5.85. The number of rotatable bonds is 4. The molecule has 120 valence electrons. The van der Waals surface area contributed by atoms with Crippen LogP contribution in [0.5, 0.6) is 0 Å². The Labute approximate surface area is 136 Å². The Morgan fingerprint density at radius 3 is 2.45 bits per heavy atom. The van der Waals surface area contributed by atoms with Gasteiger partial charge in [0, 0.05) is 30.7 Å². The highest BCUT2D eigenvalue weighted by Gasteiger charge is 2.30. The molecule has 1 heterocycles. The molecule has 5 nitrogen and oxygen atoms in total. The van der Waals surface area contributed by atoms with E-state index in [1.807, 2.05) is 24.3 Å². The van der Waals surface area contributed by atoms with E-state index < -0.39 is 0 Å². The molecule has 6 heteroatoms. The van der Waals surface area contributed by atoms with Crippen molar-refractivity contribution in [2.24, 2.45) is 11.7 Å². The SMILES string of the molecule is CC(N)C(C)C(=O)N1CCN(Cc2ccc(Cl)cc2)C(=O)C1. The van der Waals surface area contributed by atoms with E-state index in [1.54, 1.807) is 23.6 Å². The maximum Gasteiger partial charge on any atom is 0.242 e. The van der Waals surface area contributed by atoms with Crippen molar-refractivity contribution in [3.8, 4) is 0 Å². The molecule has 0 spiro atoms. The third-order valence-electron chi connectivity index (χ3n) is 4.10. The molecule has 1 saturated heterocycles. The van der Waals surface area contributed by atoms with E-state index in [0.717, 1.165) is 5.56 Å². The van der Waals surface area contributed by atoms with Gasteiger partial charge in [0.2, 0.25) is 11.8 Å². The van der Waals surface area contributed by atoms with Crippen molar-refractivity contribution in [1.29, 1.82) is 0 Å². The van der Waals surface area contributed by atoms with Gasteiger partial charge in [0.05, 0.1) is 12.5 Å². The van der Waals surface area contributed by atoms with E-state index >= 15 is 0 Å². The first-order valence-corrected chi connectivity index (χ1v) is 7.83. The Morgan fingerprint density at radius 1 is 1.27 bits per heavy atom. The number of carbonyl (C=O) groups is 2. The molecule has 0 aromatic heterocycles. The Hall–Kier alpha value is -1.59. The van der Waals surface area contributed by atoms with Gasteiger partial charge in [-0.05, 0) is 24.6 Å². The van der Waals surface area contributed by atoms with Crippen LogP contribution in [0.2, 0.25) is 5.02 Å². The van der Waals surface area contributed by atoms with Crippen LogP contribution >= 0.6 is 11.6 Å². The summed E-state index contributed by atoms with van der Waals surface area (Å²) in [5, 5.41) is 0.676. The number of amides is 2. The normalized spacial score (nSPS) is 18.3. The molecule has 2 rings (SSSR count). The van der Waals surface area contributed by atoms with Gasteiger partial charge < -0.3 is 15.5 Å². The number of piperazine rings is 1. The smallest absolute Gasteiger partial charge is 0.242 e. The Bertz CT molecular complexity index is 545. The van der Waals surface area contributed by atoms with Crippen molar-refractivity contribution in [1.82, 2.24) is 9.80 Å². The lowest BCUT2D eigenvalue weighted by Crippen LogP contribution is -2.54. The standard InChI is InChI=1S/C16H22ClN3O2/c1-11(12(2)18)16(22)20-8-7-19(15(21)10-20)9-13-3-5-14(17)6-4-13/h3-6,11-12H,7-10,18H2,1-2H3. The third-order valence-corrected chi connectivity index (χ3v) is 4.35. The van der Waals surface area contributed by atoms with Crippen LogP contribution in [-0.2, 0) is 16.1 Å². The second-order valence-corrected chi connectivity index (χ2v) is 6.29. The Balaban J connectivity index is 1.94. The van der Waals surface area contributed by atoms with E-state index in [1.165, 1.54) is 0 Å². The van der Waals surface area contributed by atoms with Crippen LogP contribution in [0.1, 0.15) is 19.4 Å². The summed E-state index contributed by atoms with van der Waals surface area (Å²) in [6, 6.07) is 7.22. The molecule has 1 aromatic rings. The highest BCUT2D eigenvalue weighted by Crippen LogP contribution is 2.15. The average Bonchev–Trinajstić information content (AvgIpc) is 2.49. The van der Waals surface area contributed by atoms with Gasteiger partial charge >= 0.3 is 0 Å². The summed E-state index contributed by atoms with van der Waals surface area (Å²) in [6.45, 7) is 5.37. The number of carbonyl (C=O) groups excluding carboxylic acids is 2. The van der Waals surface area contributed by atoms with E-state index in [4.69, 9.17) is 17.3 Å². The number of nitrogens with zero attached hydrogens (tertiary/aromatic N) is 2. The van der Waals surface area contributed by atoms with Gasteiger partial charge in [-0.2, -0.15) is 0 Å². The maximum atomic E-state index is 12.2. The van der Waals surface area contributed by atoms with Crippen LogP contribution in [0, 0.1) is 5.92 Å². The second kappa shape index (κ2) is 7.11. The molecule has 2 atom stereocenters. The molecule has 0 bridgehead atoms. The lowest BCUT2D eigenvalue weighted by atomic mass is 10.0. The van der Waals surface area contributed by atoms with Crippen LogP contribution in [0.4, 0.5) is 0 Å². The number of hydrogen-bond acceptors (Lipinski definition) is 3.